The lowest BCUT2D eigenvalue weighted by atomic mass is 9.90. The minimum absolute atomic E-state index is 0. The van der Waals surface area contributed by atoms with Crippen LogP contribution in [0.1, 0.15) is 25.3 Å². The van der Waals surface area contributed by atoms with E-state index < -0.39 is 0 Å². The lowest BCUT2D eigenvalue weighted by Crippen LogP contribution is -2.45. The first kappa shape index (κ1) is 17.3. The van der Waals surface area contributed by atoms with Crippen molar-refractivity contribution in [3.05, 3.63) is 35.9 Å². The summed E-state index contributed by atoms with van der Waals surface area (Å²) in [5.41, 5.74) is 1.47. The van der Waals surface area contributed by atoms with Crippen LogP contribution in [0.2, 0.25) is 0 Å². The molecule has 1 N–H and O–H groups in total. The highest BCUT2D eigenvalue weighted by Crippen LogP contribution is 2.21. The van der Waals surface area contributed by atoms with Crippen LogP contribution in [0.4, 0.5) is 0 Å². The smallest absolute Gasteiger partial charge is 0.193 e. The second kappa shape index (κ2) is 9.21. The first-order valence-electron chi connectivity index (χ1n) is 7.33. The van der Waals surface area contributed by atoms with Gasteiger partial charge in [-0.25, -0.2) is 0 Å². The fourth-order valence-electron chi connectivity index (χ4n) is 2.79. The summed E-state index contributed by atoms with van der Waals surface area (Å²) in [5.74, 6) is 1.87. The van der Waals surface area contributed by atoms with Crippen molar-refractivity contribution in [2.75, 3.05) is 26.7 Å². The summed E-state index contributed by atoms with van der Waals surface area (Å²) in [7, 11) is 1.87. The summed E-state index contributed by atoms with van der Waals surface area (Å²) in [6, 6.07) is 10.8. The molecular formula is C16H26IN3. The van der Waals surface area contributed by atoms with Gasteiger partial charge < -0.3 is 10.2 Å². The lowest BCUT2D eigenvalue weighted by molar-refractivity contribution is 0.259. The van der Waals surface area contributed by atoms with E-state index in [0.717, 1.165) is 31.5 Å². The van der Waals surface area contributed by atoms with Gasteiger partial charge in [-0.05, 0) is 37.7 Å². The van der Waals surface area contributed by atoms with E-state index in [1.807, 2.05) is 7.05 Å². The molecule has 1 fully saturated rings. The number of likely N-dealkylation sites (tertiary alicyclic amines) is 1. The molecule has 0 bridgehead atoms. The molecule has 1 aliphatic rings. The molecule has 0 aliphatic carbocycles. The number of guanidine groups is 1. The standard InChI is InChI=1S/C16H25N3.HI/c1-3-18-16(17-2)19-11-9-15(10-12-19)13-14-7-5-4-6-8-14;/h4-8,15H,3,9-13H2,1-2H3,(H,17,18);1H. The minimum atomic E-state index is 0. The molecule has 4 heteroatoms. The predicted octanol–water partition coefficient (Wildman–Crippen LogP) is 3.15. The van der Waals surface area contributed by atoms with E-state index in [2.05, 4.69) is 52.5 Å². The third-order valence-corrected chi connectivity index (χ3v) is 3.83. The van der Waals surface area contributed by atoms with Crippen LogP contribution in [0.5, 0.6) is 0 Å². The highest BCUT2D eigenvalue weighted by Gasteiger charge is 2.21. The average Bonchev–Trinajstić information content (AvgIpc) is 2.47. The summed E-state index contributed by atoms with van der Waals surface area (Å²) in [5, 5.41) is 3.34. The van der Waals surface area contributed by atoms with E-state index in [9.17, 15) is 0 Å². The van der Waals surface area contributed by atoms with Crippen LogP contribution < -0.4 is 5.32 Å². The van der Waals surface area contributed by atoms with E-state index in [4.69, 9.17) is 0 Å². The number of hydrogen-bond acceptors (Lipinski definition) is 1. The Bertz CT molecular complexity index is 397. The van der Waals surface area contributed by atoms with Crippen LogP contribution in [-0.4, -0.2) is 37.5 Å². The van der Waals surface area contributed by atoms with Crippen LogP contribution in [0, 0.1) is 5.92 Å². The molecule has 0 atom stereocenters. The van der Waals surface area contributed by atoms with Crippen LogP contribution >= 0.6 is 24.0 Å². The Balaban J connectivity index is 0.00000200. The zero-order valence-electron chi connectivity index (χ0n) is 12.5. The third-order valence-electron chi connectivity index (χ3n) is 3.83. The fourth-order valence-corrected chi connectivity index (χ4v) is 2.79. The normalized spacial score (nSPS) is 16.7. The maximum absolute atomic E-state index is 4.34. The van der Waals surface area contributed by atoms with E-state index in [1.54, 1.807) is 0 Å². The Kier molecular flexibility index (Phi) is 7.95. The van der Waals surface area contributed by atoms with Gasteiger partial charge in [-0.3, -0.25) is 4.99 Å². The molecule has 1 aromatic rings. The Hall–Kier alpha value is -0.780. The van der Waals surface area contributed by atoms with Gasteiger partial charge in [0.15, 0.2) is 5.96 Å². The fraction of sp³-hybridized carbons (Fsp3) is 0.562. The van der Waals surface area contributed by atoms with Gasteiger partial charge in [-0.15, -0.1) is 24.0 Å². The van der Waals surface area contributed by atoms with Crippen molar-refractivity contribution < 1.29 is 0 Å². The summed E-state index contributed by atoms with van der Waals surface area (Å²) in [4.78, 5) is 6.72. The molecule has 2 rings (SSSR count). The van der Waals surface area contributed by atoms with Crippen molar-refractivity contribution >= 4 is 29.9 Å². The number of piperidine rings is 1. The molecule has 1 saturated heterocycles. The molecule has 112 valence electrons. The predicted molar refractivity (Wildman–Crippen MR) is 96.9 cm³/mol. The second-order valence-electron chi connectivity index (χ2n) is 5.20. The maximum Gasteiger partial charge on any atom is 0.193 e. The van der Waals surface area contributed by atoms with Gasteiger partial charge >= 0.3 is 0 Å². The number of benzene rings is 1. The van der Waals surface area contributed by atoms with E-state index in [0.29, 0.717) is 0 Å². The third kappa shape index (κ3) is 4.96. The molecule has 0 spiro atoms. The highest BCUT2D eigenvalue weighted by molar-refractivity contribution is 14.0. The Morgan fingerprint density at radius 3 is 2.45 bits per heavy atom. The van der Waals surface area contributed by atoms with Crippen LogP contribution in [-0.2, 0) is 6.42 Å². The average molecular weight is 387 g/mol. The SMILES string of the molecule is CCNC(=NC)N1CCC(Cc2ccccc2)CC1.I. The van der Waals surface area contributed by atoms with Crippen LogP contribution in [0.15, 0.2) is 35.3 Å². The number of hydrogen-bond donors (Lipinski definition) is 1. The topological polar surface area (TPSA) is 27.6 Å². The van der Waals surface area contributed by atoms with Gasteiger partial charge in [-0.1, -0.05) is 30.3 Å². The van der Waals surface area contributed by atoms with E-state index in [1.165, 1.54) is 24.8 Å². The molecule has 20 heavy (non-hydrogen) atoms. The van der Waals surface area contributed by atoms with Gasteiger partial charge in [0.05, 0.1) is 0 Å². The maximum atomic E-state index is 4.34. The molecule has 0 radical (unpaired) electrons. The second-order valence-corrected chi connectivity index (χ2v) is 5.20. The number of nitrogens with one attached hydrogen (secondary N) is 1. The van der Waals surface area contributed by atoms with Crippen molar-refractivity contribution in [1.82, 2.24) is 10.2 Å². The molecule has 0 saturated carbocycles. The van der Waals surface area contributed by atoms with E-state index in [-0.39, 0.29) is 24.0 Å². The minimum Gasteiger partial charge on any atom is -0.357 e. The first-order valence-corrected chi connectivity index (χ1v) is 7.33. The largest absolute Gasteiger partial charge is 0.357 e. The monoisotopic (exact) mass is 387 g/mol. The molecular weight excluding hydrogens is 361 g/mol. The van der Waals surface area contributed by atoms with Crippen LogP contribution in [0.25, 0.3) is 0 Å². The van der Waals surface area contributed by atoms with Crippen molar-refractivity contribution in [2.45, 2.75) is 26.2 Å². The summed E-state index contributed by atoms with van der Waals surface area (Å²) < 4.78 is 0. The summed E-state index contributed by atoms with van der Waals surface area (Å²) in [6.45, 7) is 5.30. The van der Waals surface area contributed by atoms with E-state index >= 15 is 0 Å². The molecule has 1 aliphatic heterocycles. The van der Waals surface area contributed by atoms with Gasteiger partial charge in [-0.2, -0.15) is 0 Å². The zero-order valence-corrected chi connectivity index (χ0v) is 14.8. The summed E-state index contributed by atoms with van der Waals surface area (Å²) in [6.07, 6.45) is 3.74. The van der Waals surface area contributed by atoms with Crippen molar-refractivity contribution in [1.29, 1.82) is 0 Å². The Morgan fingerprint density at radius 1 is 1.25 bits per heavy atom. The number of halogens is 1. The van der Waals surface area contributed by atoms with Gasteiger partial charge in [0, 0.05) is 26.7 Å². The molecule has 0 unspecified atom stereocenters. The lowest BCUT2D eigenvalue weighted by Gasteiger charge is -2.34. The highest BCUT2D eigenvalue weighted by atomic mass is 127. The number of aliphatic imine (C=N–C) groups is 1. The molecule has 0 aromatic heterocycles. The van der Waals surface area contributed by atoms with Crippen molar-refractivity contribution in [3.8, 4) is 0 Å². The first-order chi connectivity index (χ1) is 9.33. The summed E-state index contributed by atoms with van der Waals surface area (Å²) >= 11 is 0. The molecule has 1 heterocycles. The van der Waals surface area contributed by atoms with Crippen molar-refractivity contribution in [3.63, 3.8) is 0 Å². The van der Waals surface area contributed by atoms with Gasteiger partial charge in [0.1, 0.15) is 0 Å². The Morgan fingerprint density at radius 2 is 1.90 bits per heavy atom. The van der Waals surface area contributed by atoms with Gasteiger partial charge in [0.25, 0.3) is 0 Å². The zero-order chi connectivity index (χ0) is 13.5. The molecule has 1 aromatic carbocycles. The Labute approximate surface area is 139 Å². The number of nitrogens with zero attached hydrogens (tertiary/aromatic N) is 2. The molecule has 3 nitrogen and oxygen atoms in total. The molecule has 0 amide bonds. The number of rotatable bonds is 3. The quantitative estimate of drug-likeness (QED) is 0.490. The van der Waals surface area contributed by atoms with Crippen LogP contribution in [0.3, 0.4) is 0 Å². The van der Waals surface area contributed by atoms with Crippen molar-refractivity contribution in [2.24, 2.45) is 10.9 Å². The van der Waals surface area contributed by atoms with Gasteiger partial charge in [0.2, 0.25) is 0 Å².